The average molecular weight is 205 g/mol. The molecule has 1 heterocycles. The minimum absolute atomic E-state index is 0.619. The molecule has 0 saturated heterocycles. The highest BCUT2D eigenvalue weighted by Crippen LogP contribution is 2.19. The molecule has 0 bridgehead atoms. The number of carbonyl (C=O) groups is 1. The molecule has 1 amide bonds. The van der Waals surface area contributed by atoms with Crippen LogP contribution in [0.4, 0.5) is 10.5 Å². The van der Waals surface area contributed by atoms with E-state index in [1.807, 2.05) is 17.7 Å². The number of anilines is 1. The van der Waals surface area contributed by atoms with Gasteiger partial charge >= 0.3 is 6.09 Å². The molecule has 1 aromatic carbocycles. The van der Waals surface area contributed by atoms with Gasteiger partial charge in [0, 0.05) is 19.8 Å². The van der Waals surface area contributed by atoms with Gasteiger partial charge in [0.05, 0.1) is 17.4 Å². The number of fused-ring (bicyclic) bond motifs is 1. The van der Waals surface area contributed by atoms with Gasteiger partial charge in [0.25, 0.3) is 0 Å². The Morgan fingerprint density at radius 1 is 1.53 bits per heavy atom. The van der Waals surface area contributed by atoms with Crippen molar-refractivity contribution < 1.29 is 9.90 Å². The second kappa shape index (κ2) is 3.27. The number of aromatic nitrogens is 2. The number of benzene rings is 1. The van der Waals surface area contributed by atoms with E-state index in [0.29, 0.717) is 5.69 Å². The van der Waals surface area contributed by atoms with Crippen LogP contribution in [-0.2, 0) is 7.05 Å². The second-order valence-electron chi connectivity index (χ2n) is 3.37. The molecule has 0 atom stereocenters. The fourth-order valence-corrected chi connectivity index (χ4v) is 1.44. The van der Waals surface area contributed by atoms with Crippen LogP contribution in [0.25, 0.3) is 11.0 Å². The zero-order valence-electron chi connectivity index (χ0n) is 8.51. The molecule has 0 fully saturated rings. The maximum atomic E-state index is 10.7. The summed E-state index contributed by atoms with van der Waals surface area (Å²) in [6.07, 6.45) is 0.722. The lowest BCUT2D eigenvalue weighted by Crippen LogP contribution is -2.23. The van der Waals surface area contributed by atoms with Crippen molar-refractivity contribution in [2.24, 2.45) is 7.05 Å². The second-order valence-corrected chi connectivity index (χ2v) is 3.37. The van der Waals surface area contributed by atoms with Crippen molar-refractivity contribution in [3.05, 3.63) is 24.5 Å². The Morgan fingerprint density at radius 3 is 2.93 bits per heavy atom. The summed E-state index contributed by atoms with van der Waals surface area (Å²) in [5.41, 5.74) is 2.40. The van der Waals surface area contributed by atoms with Gasteiger partial charge in [0.2, 0.25) is 0 Å². The zero-order chi connectivity index (χ0) is 11.0. The number of amides is 1. The van der Waals surface area contributed by atoms with Crippen molar-refractivity contribution in [2.45, 2.75) is 0 Å². The van der Waals surface area contributed by atoms with Gasteiger partial charge in [-0.2, -0.15) is 0 Å². The van der Waals surface area contributed by atoms with Crippen LogP contribution in [0.1, 0.15) is 0 Å². The predicted octanol–water partition coefficient (Wildman–Crippen LogP) is 1.69. The third-order valence-electron chi connectivity index (χ3n) is 2.38. The van der Waals surface area contributed by atoms with Crippen LogP contribution >= 0.6 is 0 Å². The van der Waals surface area contributed by atoms with Crippen molar-refractivity contribution in [1.29, 1.82) is 0 Å². The van der Waals surface area contributed by atoms with E-state index in [9.17, 15) is 4.79 Å². The Bertz CT molecular complexity index is 518. The van der Waals surface area contributed by atoms with E-state index < -0.39 is 6.09 Å². The van der Waals surface area contributed by atoms with Crippen LogP contribution in [0.3, 0.4) is 0 Å². The lowest BCUT2D eigenvalue weighted by Gasteiger charge is -2.12. The highest BCUT2D eigenvalue weighted by molar-refractivity contribution is 5.89. The summed E-state index contributed by atoms with van der Waals surface area (Å²) < 4.78 is 1.89. The molecule has 2 rings (SSSR count). The van der Waals surface area contributed by atoms with Gasteiger partial charge in [-0.15, -0.1) is 0 Å². The molecule has 2 aromatic rings. The molecule has 78 valence electrons. The highest BCUT2D eigenvalue weighted by atomic mass is 16.4. The van der Waals surface area contributed by atoms with Crippen LogP contribution in [0, 0.1) is 0 Å². The van der Waals surface area contributed by atoms with Gasteiger partial charge in [-0.3, -0.25) is 4.90 Å². The third kappa shape index (κ3) is 1.52. The fraction of sp³-hybridized carbons (Fsp3) is 0.200. The number of aryl methyl sites for hydroxylation is 1. The standard InChI is InChI=1S/C10H11N3O2/c1-12-6-11-8-5-7(3-4-9(8)12)13(2)10(14)15/h3-6H,1-2H3,(H,14,15). The van der Waals surface area contributed by atoms with Crippen LogP contribution in [0.5, 0.6) is 0 Å². The molecule has 15 heavy (non-hydrogen) atoms. The maximum absolute atomic E-state index is 10.7. The number of rotatable bonds is 1. The van der Waals surface area contributed by atoms with Gasteiger partial charge < -0.3 is 9.67 Å². The van der Waals surface area contributed by atoms with Crippen molar-refractivity contribution in [3.63, 3.8) is 0 Å². The molecule has 0 radical (unpaired) electrons. The minimum atomic E-state index is -0.981. The first kappa shape index (κ1) is 9.51. The lowest BCUT2D eigenvalue weighted by molar-refractivity contribution is 0.203. The van der Waals surface area contributed by atoms with Gasteiger partial charge in [-0.25, -0.2) is 9.78 Å². The summed E-state index contributed by atoms with van der Waals surface area (Å²) in [4.78, 5) is 16.1. The zero-order valence-corrected chi connectivity index (χ0v) is 8.51. The largest absolute Gasteiger partial charge is 0.465 e. The van der Waals surface area contributed by atoms with E-state index in [1.165, 1.54) is 7.05 Å². The van der Waals surface area contributed by atoms with Crippen molar-refractivity contribution >= 4 is 22.8 Å². The minimum Gasteiger partial charge on any atom is -0.465 e. The molecule has 5 nitrogen and oxygen atoms in total. The Morgan fingerprint density at radius 2 is 2.27 bits per heavy atom. The van der Waals surface area contributed by atoms with Gasteiger partial charge in [0.15, 0.2) is 0 Å². The summed E-state index contributed by atoms with van der Waals surface area (Å²) >= 11 is 0. The number of carboxylic acid groups (broad SMARTS) is 1. The molecular formula is C10H11N3O2. The molecule has 0 aliphatic rings. The van der Waals surface area contributed by atoms with E-state index in [2.05, 4.69) is 4.98 Å². The Kier molecular flexibility index (Phi) is 2.07. The molecular weight excluding hydrogens is 194 g/mol. The summed E-state index contributed by atoms with van der Waals surface area (Å²) in [7, 11) is 3.41. The normalized spacial score (nSPS) is 10.5. The number of imidazole rings is 1. The van der Waals surface area contributed by atoms with E-state index in [-0.39, 0.29) is 0 Å². The lowest BCUT2D eigenvalue weighted by atomic mass is 10.2. The summed E-state index contributed by atoms with van der Waals surface area (Å²) in [6.45, 7) is 0. The van der Waals surface area contributed by atoms with E-state index in [0.717, 1.165) is 15.9 Å². The monoisotopic (exact) mass is 205 g/mol. The summed E-state index contributed by atoms with van der Waals surface area (Å²) in [5, 5.41) is 8.81. The predicted molar refractivity (Wildman–Crippen MR) is 57.1 cm³/mol. The Hall–Kier alpha value is -2.04. The SMILES string of the molecule is CN(C(=O)O)c1ccc2c(c1)ncn2C. The van der Waals surface area contributed by atoms with Gasteiger partial charge in [-0.1, -0.05) is 0 Å². The third-order valence-corrected chi connectivity index (χ3v) is 2.38. The smallest absolute Gasteiger partial charge is 0.411 e. The molecule has 1 N–H and O–H groups in total. The Labute approximate surface area is 86.6 Å². The first-order valence-electron chi connectivity index (χ1n) is 4.47. The first-order valence-corrected chi connectivity index (χ1v) is 4.47. The fourth-order valence-electron chi connectivity index (χ4n) is 1.44. The maximum Gasteiger partial charge on any atom is 0.411 e. The van der Waals surface area contributed by atoms with E-state index >= 15 is 0 Å². The molecule has 0 unspecified atom stereocenters. The van der Waals surface area contributed by atoms with Crippen molar-refractivity contribution in [2.75, 3.05) is 11.9 Å². The average Bonchev–Trinajstić information content (AvgIpc) is 2.59. The van der Waals surface area contributed by atoms with Crippen LogP contribution in [0.2, 0.25) is 0 Å². The molecule has 5 heteroatoms. The molecule has 1 aromatic heterocycles. The Balaban J connectivity index is 2.52. The number of hydrogen-bond donors (Lipinski definition) is 1. The van der Waals surface area contributed by atoms with Gasteiger partial charge in [0.1, 0.15) is 0 Å². The molecule has 0 aliphatic heterocycles. The highest BCUT2D eigenvalue weighted by Gasteiger charge is 2.09. The van der Waals surface area contributed by atoms with Crippen molar-refractivity contribution in [1.82, 2.24) is 9.55 Å². The van der Waals surface area contributed by atoms with Crippen molar-refractivity contribution in [3.8, 4) is 0 Å². The number of hydrogen-bond acceptors (Lipinski definition) is 2. The van der Waals surface area contributed by atoms with Gasteiger partial charge in [-0.05, 0) is 18.2 Å². The first-order chi connectivity index (χ1) is 7.09. The van der Waals surface area contributed by atoms with Crippen LogP contribution in [0.15, 0.2) is 24.5 Å². The molecule has 0 saturated carbocycles. The van der Waals surface area contributed by atoms with E-state index in [4.69, 9.17) is 5.11 Å². The summed E-state index contributed by atoms with van der Waals surface area (Å²) in [5.74, 6) is 0. The van der Waals surface area contributed by atoms with Crippen LogP contribution < -0.4 is 4.90 Å². The van der Waals surface area contributed by atoms with E-state index in [1.54, 1.807) is 18.5 Å². The topological polar surface area (TPSA) is 58.4 Å². The number of nitrogens with zero attached hydrogens (tertiary/aromatic N) is 3. The molecule has 0 aliphatic carbocycles. The quantitative estimate of drug-likeness (QED) is 0.770. The summed E-state index contributed by atoms with van der Waals surface area (Å²) in [6, 6.07) is 5.37. The van der Waals surface area contributed by atoms with Crippen LogP contribution in [-0.4, -0.2) is 27.8 Å². The molecule has 0 spiro atoms.